The number of hydrogen-bond acceptors (Lipinski definition) is 5. The molecular weight excluding hydrogens is 236 g/mol. The van der Waals surface area contributed by atoms with Crippen LogP contribution < -0.4 is 16.4 Å². The van der Waals surface area contributed by atoms with Crippen molar-refractivity contribution in [3.05, 3.63) is 10.4 Å². The van der Waals surface area contributed by atoms with Crippen LogP contribution in [0.25, 0.3) is 0 Å². The van der Waals surface area contributed by atoms with Crippen LogP contribution in [0.1, 0.15) is 35.0 Å². The number of nitrogens with one attached hydrogen (secondary N) is 2. The highest BCUT2D eigenvalue weighted by atomic mass is 32.1. The molecule has 6 heteroatoms. The van der Waals surface area contributed by atoms with Crippen molar-refractivity contribution in [2.75, 3.05) is 17.6 Å². The first-order valence-electron chi connectivity index (χ1n) is 5.54. The van der Waals surface area contributed by atoms with E-state index in [1.165, 1.54) is 11.3 Å². The summed E-state index contributed by atoms with van der Waals surface area (Å²) in [5, 5.41) is 15.6. The van der Waals surface area contributed by atoms with Gasteiger partial charge >= 0.3 is 0 Å². The topological polar surface area (TPSA) is 90.9 Å². The standard InChI is InChI=1S/C11H14N4OS/c1-2-14-11-7(5-12)8(13)9(17-11)10(16)15-6-3-4-6/h6,14H,2-4,13H2,1H3,(H,15,16). The fraction of sp³-hybridized carbons (Fsp3) is 0.455. The molecule has 1 fully saturated rings. The van der Waals surface area contributed by atoms with Crippen molar-refractivity contribution in [2.24, 2.45) is 0 Å². The number of nitrogen functional groups attached to an aromatic ring is 1. The molecule has 0 bridgehead atoms. The third-order valence-electron chi connectivity index (χ3n) is 2.51. The molecule has 1 aromatic heterocycles. The van der Waals surface area contributed by atoms with E-state index in [0.29, 0.717) is 22.0 Å². The first kappa shape index (κ1) is 11.7. The molecule has 0 aromatic carbocycles. The molecule has 1 saturated carbocycles. The second-order valence-corrected chi connectivity index (χ2v) is 4.96. The minimum Gasteiger partial charge on any atom is -0.396 e. The van der Waals surface area contributed by atoms with Gasteiger partial charge in [0.2, 0.25) is 0 Å². The van der Waals surface area contributed by atoms with E-state index in [9.17, 15) is 4.79 Å². The molecule has 1 aromatic rings. The highest BCUT2D eigenvalue weighted by molar-refractivity contribution is 7.18. The van der Waals surface area contributed by atoms with Gasteiger partial charge in [-0.15, -0.1) is 11.3 Å². The molecule has 5 nitrogen and oxygen atoms in total. The number of rotatable bonds is 4. The van der Waals surface area contributed by atoms with E-state index in [2.05, 4.69) is 10.6 Å². The zero-order chi connectivity index (χ0) is 12.4. The van der Waals surface area contributed by atoms with E-state index >= 15 is 0 Å². The lowest BCUT2D eigenvalue weighted by molar-refractivity contribution is 0.0956. The lowest BCUT2D eigenvalue weighted by Crippen LogP contribution is -2.25. The molecule has 1 aliphatic rings. The maximum atomic E-state index is 11.9. The first-order chi connectivity index (χ1) is 8.17. The molecule has 1 heterocycles. The minimum atomic E-state index is -0.171. The molecule has 0 radical (unpaired) electrons. The van der Waals surface area contributed by atoms with E-state index in [1.807, 2.05) is 13.0 Å². The summed E-state index contributed by atoms with van der Waals surface area (Å²) in [4.78, 5) is 12.3. The number of nitriles is 1. The van der Waals surface area contributed by atoms with Crippen molar-refractivity contribution >= 4 is 27.9 Å². The maximum Gasteiger partial charge on any atom is 0.263 e. The number of anilines is 2. The monoisotopic (exact) mass is 250 g/mol. The Balaban J connectivity index is 2.27. The summed E-state index contributed by atoms with van der Waals surface area (Å²) in [6.45, 7) is 2.62. The molecule has 0 saturated heterocycles. The molecule has 0 spiro atoms. The van der Waals surface area contributed by atoms with Crippen LogP contribution >= 0.6 is 11.3 Å². The van der Waals surface area contributed by atoms with Gasteiger partial charge < -0.3 is 16.4 Å². The van der Waals surface area contributed by atoms with Crippen molar-refractivity contribution in [3.8, 4) is 6.07 Å². The van der Waals surface area contributed by atoms with Crippen molar-refractivity contribution in [3.63, 3.8) is 0 Å². The highest BCUT2D eigenvalue weighted by Crippen LogP contribution is 2.35. The lowest BCUT2D eigenvalue weighted by atomic mass is 10.2. The number of carbonyl (C=O) groups excluding carboxylic acids is 1. The molecule has 17 heavy (non-hydrogen) atoms. The van der Waals surface area contributed by atoms with E-state index in [4.69, 9.17) is 11.0 Å². The molecule has 0 unspecified atom stereocenters. The maximum absolute atomic E-state index is 11.9. The second kappa shape index (κ2) is 4.63. The van der Waals surface area contributed by atoms with E-state index in [0.717, 1.165) is 12.8 Å². The summed E-state index contributed by atoms with van der Waals surface area (Å²) in [6, 6.07) is 2.32. The van der Waals surface area contributed by atoms with Crippen LogP contribution in [0.2, 0.25) is 0 Å². The van der Waals surface area contributed by atoms with Crippen LogP contribution in [0.3, 0.4) is 0 Å². The van der Waals surface area contributed by atoms with Crippen LogP contribution in [0, 0.1) is 11.3 Å². The van der Waals surface area contributed by atoms with E-state index in [-0.39, 0.29) is 17.6 Å². The molecule has 0 atom stereocenters. The lowest BCUT2D eigenvalue weighted by Gasteiger charge is -2.00. The van der Waals surface area contributed by atoms with E-state index < -0.39 is 0 Å². The SMILES string of the molecule is CCNc1sc(C(=O)NC2CC2)c(N)c1C#N. The Morgan fingerprint density at radius 3 is 2.88 bits per heavy atom. The zero-order valence-electron chi connectivity index (χ0n) is 9.54. The van der Waals surface area contributed by atoms with Crippen LogP contribution in [-0.2, 0) is 0 Å². The highest BCUT2D eigenvalue weighted by Gasteiger charge is 2.27. The van der Waals surface area contributed by atoms with Crippen LogP contribution in [0.4, 0.5) is 10.7 Å². The molecule has 2 rings (SSSR count). The quantitative estimate of drug-likeness (QED) is 0.755. The van der Waals surface area contributed by atoms with Crippen molar-refractivity contribution in [2.45, 2.75) is 25.8 Å². The number of nitrogens with zero attached hydrogens (tertiary/aromatic N) is 1. The number of hydrogen-bond donors (Lipinski definition) is 3. The number of thiophene rings is 1. The molecule has 90 valence electrons. The smallest absolute Gasteiger partial charge is 0.263 e. The summed E-state index contributed by atoms with van der Waals surface area (Å²) in [6.07, 6.45) is 2.06. The fourth-order valence-corrected chi connectivity index (χ4v) is 2.53. The summed E-state index contributed by atoms with van der Waals surface area (Å²) in [7, 11) is 0. The predicted molar refractivity (Wildman–Crippen MR) is 68.1 cm³/mol. The third kappa shape index (κ3) is 2.34. The Bertz CT molecular complexity index is 484. The van der Waals surface area contributed by atoms with Crippen molar-refractivity contribution in [1.29, 1.82) is 5.26 Å². The zero-order valence-corrected chi connectivity index (χ0v) is 10.4. The van der Waals surface area contributed by atoms with Gasteiger partial charge in [0.15, 0.2) is 0 Å². The van der Waals surface area contributed by atoms with Gasteiger partial charge in [-0.2, -0.15) is 5.26 Å². The van der Waals surface area contributed by atoms with Gasteiger partial charge in [0, 0.05) is 12.6 Å². The van der Waals surface area contributed by atoms with Gasteiger partial charge in [-0.1, -0.05) is 0 Å². The largest absolute Gasteiger partial charge is 0.396 e. The minimum absolute atomic E-state index is 0.171. The molecule has 1 amide bonds. The summed E-state index contributed by atoms with van der Waals surface area (Å²) < 4.78 is 0. The van der Waals surface area contributed by atoms with Gasteiger partial charge in [0.1, 0.15) is 21.5 Å². The molecule has 1 aliphatic carbocycles. The fourth-order valence-electron chi connectivity index (χ4n) is 1.49. The van der Waals surface area contributed by atoms with Crippen molar-refractivity contribution in [1.82, 2.24) is 5.32 Å². The average molecular weight is 250 g/mol. The molecule has 0 aliphatic heterocycles. The van der Waals surface area contributed by atoms with Gasteiger partial charge in [0.25, 0.3) is 5.91 Å². The summed E-state index contributed by atoms with van der Waals surface area (Å²) in [5.74, 6) is -0.171. The molecular formula is C11H14N4OS. The van der Waals surface area contributed by atoms with Gasteiger partial charge in [-0.3, -0.25) is 4.79 Å². The van der Waals surface area contributed by atoms with Crippen LogP contribution in [0.5, 0.6) is 0 Å². The van der Waals surface area contributed by atoms with E-state index in [1.54, 1.807) is 0 Å². The Hall–Kier alpha value is -1.74. The normalized spacial score (nSPS) is 14.1. The van der Waals surface area contributed by atoms with Gasteiger partial charge in [0.05, 0.1) is 5.69 Å². The second-order valence-electron chi connectivity index (χ2n) is 3.94. The van der Waals surface area contributed by atoms with Crippen LogP contribution in [-0.4, -0.2) is 18.5 Å². The van der Waals surface area contributed by atoms with Crippen molar-refractivity contribution < 1.29 is 4.79 Å². The average Bonchev–Trinajstić information content (AvgIpc) is 3.04. The Morgan fingerprint density at radius 1 is 1.65 bits per heavy atom. The summed E-state index contributed by atoms with van der Waals surface area (Å²) >= 11 is 1.24. The Morgan fingerprint density at radius 2 is 2.35 bits per heavy atom. The summed E-state index contributed by atoms with van der Waals surface area (Å²) in [5.41, 5.74) is 6.49. The Labute approximate surface area is 104 Å². The van der Waals surface area contributed by atoms with Crippen LogP contribution in [0.15, 0.2) is 0 Å². The number of carbonyl (C=O) groups is 1. The number of nitrogens with two attached hydrogens (primary N) is 1. The van der Waals surface area contributed by atoms with Gasteiger partial charge in [-0.05, 0) is 19.8 Å². The Kier molecular flexibility index (Phi) is 3.20. The predicted octanol–water partition coefficient (Wildman–Crippen LogP) is 1.53. The first-order valence-corrected chi connectivity index (χ1v) is 6.36. The number of amides is 1. The molecule has 4 N–H and O–H groups in total. The third-order valence-corrected chi connectivity index (χ3v) is 3.68. The van der Waals surface area contributed by atoms with Gasteiger partial charge in [-0.25, -0.2) is 0 Å².